The van der Waals surface area contributed by atoms with Crippen LogP contribution in [-0.4, -0.2) is 6.72 Å². The lowest BCUT2D eigenvalue weighted by Crippen LogP contribution is -1.89. The lowest BCUT2D eigenvalue weighted by Gasteiger charge is -2.04. The van der Waals surface area contributed by atoms with Gasteiger partial charge in [-0.25, -0.2) is 0 Å². The van der Waals surface area contributed by atoms with Gasteiger partial charge in [0.15, 0.2) is 0 Å². The average molecular weight is 201 g/mol. The summed E-state index contributed by atoms with van der Waals surface area (Å²) in [6, 6.07) is 10.6. The highest BCUT2D eigenvalue weighted by atomic mass is 14.6. The van der Waals surface area contributed by atoms with Crippen molar-refractivity contribution < 1.29 is 0 Å². The number of aliphatic imine (C=N–C) groups is 1. The van der Waals surface area contributed by atoms with E-state index in [0.29, 0.717) is 0 Å². The van der Waals surface area contributed by atoms with Gasteiger partial charge in [-0.3, -0.25) is 4.99 Å². The largest absolute Gasteiger partial charge is 0.273 e. The molecule has 0 saturated heterocycles. The van der Waals surface area contributed by atoms with E-state index < -0.39 is 0 Å². The van der Waals surface area contributed by atoms with E-state index in [0.717, 1.165) is 19.3 Å². The van der Waals surface area contributed by atoms with Crippen LogP contribution in [0, 0.1) is 0 Å². The molecule has 0 bridgehead atoms. The van der Waals surface area contributed by atoms with Crippen molar-refractivity contribution in [3.05, 3.63) is 47.7 Å². The molecule has 0 amide bonds. The molecule has 0 aliphatic carbocycles. The molecule has 1 rings (SSSR count). The summed E-state index contributed by atoms with van der Waals surface area (Å²) in [7, 11) is 0. The highest BCUT2D eigenvalue weighted by molar-refractivity contribution is 5.26. The summed E-state index contributed by atoms with van der Waals surface area (Å²) in [6.07, 6.45) is 6.41. The molecule has 1 nitrogen and oxygen atoms in total. The van der Waals surface area contributed by atoms with Crippen LogP contribution in [0.25, 0.3) is 0 Å². The first kappa shape index (κ1) is 11.7. The minimum Gasteiger partial charge on any atom is -0.273 e. The summed E-state index contributed by atoms with van der Waals surface area (Å²) in [5.74, 6) is 0. The maximum absolute atomic E-state index is 3.85. The Balaban J connectivity index is 2.47. The summed E-state index contributed by atoms with van der Waals surface area (Å²) in [5.41, 5.74) is 2.79. The van der Waals surface area contributed by atoms with Gasteiger partial charge in [-0.15, -0.1) is 0 Å². The molecular weight excluding hydrogens is 182 g/mol. The normalized spacial score (nSPS) is 11.4. The Hall–Kier alpha value is -1.37. The van der Waals surface area contributed by atoms with Crippen molar-refractivity contribution in [2.45, 2.75) is 32.6 Å². The van der Waals surface area contributed by atoms with Crippen molar-refractivity contribution in [3.8, 4) is 0 Å². The number of rotatable bonds is 6. The van der Waals surface area contributed by atoms with Crippen LogP contribution < -0.4 is 0 Å². The number of benzene rings is 1. The third-order valence-corrected chi connectivity index (χ3v) is 2.42. The van der Waals surface area contributed by atoms with Gasteiger partial charge in [0, 0.05) is 6.20 Å². The topological polar surface area (TPSA) is 12.4 Å². The Bertz CT molecular complexity index is 311. The van der Waals surface area contributed by atoms with E-state index in [2.05, 4.69) is 49.0 Å². The van der Waals surface area contributed by atoms with Gasteiger partial charge in [0.05, 0.1) is 0 Å². The van der Waals surface area contributed by atoms with Crippen LogP contribution in [0.5, 0.6) is 0 Å². The SMILES string of the molecule is C=N/C=C(\CCC)CCc1ccccc1. The fourth-order valence-electron chi connectivity index (χ4n) is 1.65. The zero-order valence-electron chi connectivity index (χ0n) is 9.45. The zero-order chi connectivity index (χ0) is 10.9. The van der Waals surface area contributed by atoms with Crippen molar-refractivity contribution in [3.63, 3.8) is 0 Å². The van der Waals surface area contributed by atoms with Crippen LogP contribution in [0.1, 0.15) is 31.7 Å². The average Bonchev–Trinajstić information content (AvgIpc) is 2.28. The smallest absolute Gasteiger partial charge is 0.0252 e. The van der Waals surface area contributed by atoms with E-state index in [1.54, 1.807) is 0 Å². The minimum atomic E-state index is 1.09. The van der Waals surface area contributed by atoms with Gasteiger partial charge in [-0.2, -0.15) is 0 Å². The third kappa shape index (κ3) is 4.59. The molecule has 0 fully saturated rings. The van der Waals surface area contributed by atoms with Crippen LogP contribution in [0.15, 0.2) is 47.1 Å². The molecule has 0 aliphatic heterocycles. The standard InChI is InChI=1S/C14H19N/c1-3-7-14(12-15-2)11-10-13-8-5-4-6-9-13/h4-6,8-9,12H,2-3,7,10-11H2,1H3/b14-12+. The van der Waals surface area contributed by atoms with E-state index in [1.165, 1.54) is 17.6 Å². The molecule has 0 saturated carbocycles. The quantitative estimate of drug-likeness (QED) is 0.617. The van der Waals surface area contributed by atoms with Gasteiger partial charge in [-0.1, -0.05) is 49.2 Å². The monoisotopic (exact) mass is 201 g/mol. The second kappa shape index (κ2) is 6.99. The molecule has 1 aromatic carbocycles. The zero-order valence-corrected chi connectivity index (χ0v) is 9.45. The van der Waals surface area contributed by atoms with Crippen molar-refractivity contribution in [2.24, 2.45) is 4.99 Å². The van der Waals surface area contributed by atoms with Crippen LogP contribution in [0.2, 0.25) is 0 Å². The molecular formula is C14H19N. The number of hydrogen-bond acceptors (Lipinski definition) is 1. The lowest BCUT2D eigenvalue weighted by atomic mass is 10.0. The maximum Gasteiger partial charge on any atom is 0.0252 e. The first-order chi connectivity index (χ1) is 7.36. The van der Waals surface area contributed by atoms with Crippen molar-refractivity contribution in [2.75, 3.05) is 0 Å². The maximum atomic E-state index is 3.85. The first-order valence-corrected chi connectivity index (χ1v) is 5.54. The molecule has 0 atom stereocenters. The molecule has 80 valence electrons. The number of allylic oxidation sites excluding steroid dienone is 1. The van der Waals surface area contributed by atoms with Crippen molar-refractivity contribution in [1.29, 1.82) is 0 Å². The van der Waals surface area contributed by atoms with Gasteiger partial charge in [-0.05, 0) is 31.5 Å². The van der Waals surface area contributed by atoms with Crippen LogP contribution in [0.3, 0.4) is 0 Å². The number of hydrogen-bond donors (Lipinski definition) is 0. The summed E-state index contributed by atoms with van der Waals surface area (Å²) >= 11 is 0. The lowest BCUT2D eigenvalue weighted by molar-refractivity contribution is 0.814. The van der Waals surface area contributed by atoms with Gasteiger partial charge in [0.1, 0.15) is 0 Å². The highest BCUT2D eigenvalue weighted by Crippen LogP contribution is 2.13. The Labute approximate surface area is 92.6 Å². The van der Waals surface area contributed by atoms with E-state index in [4.69, 9.17) is 0 Å². The minimum absolute atomic E-state index is 1.09. The summed E-state index contributed by atoms with van der Waals surface area (Å²) < 4.78 is 0. The van der Waals surface area contributed by atoms with Gasteiger partial charge >= 0.3 is 0 Å². The Morgan fingerprint density at radius 2 is 2.00 bits per heavy atom. The number of aryl methyl sites for hydroxylation is 1. The first-order valence-electron chi connectivity index (χ1n) is 5.54. The molecule has 0 N–H and O–H groups in total. The third-order valence-electron chi connectivity index (χ3n) is 2.42. The van der Waals surface area contributed by atoms with E-state index in [-0.39, 0.29) is 0 Å². The number of nitrogens with zero attached hydrogens (tertiary/aromatic N) is 1. The Morgan fingerprint density at radius 3 is 2.60 bits per heavy atom. The van der Waals surface area contributed by atoms with Gasteiger partial charge in [0.25, 0.3) is 0 Å². The summed E-state index contributed by atoms with van der Waals surface area (Å²) in [5, 5.41) is 0. The van der Waals surface area contributed by atoms with Crippen LogP contribution in [0.4, 0.5) is 0 Å². The predicted octanol–water partition coefficient (Wildman–Crippen LogP) is 4.00. The Kier molecular flexibility index (Phi) is 5.46. The molecule has 0 aromatic heterocycles. The predicted molar refractivity (Wildman–Crippen MR) is 67.3 cm³/mol. The molecule has 1 heteroatoms. The molecule has 15 heavy (non-hydrogen) atoms. The molecule has 0 unspecified atom stereocenters. The van der Waals surface area contributed by atoms with Gasteiger partial charge < -0.3 is 0 Å². The fourth-order valence-corrected chi connectivity index (χ4v) is 1.65. The van der Waals surface area contributed by atoms with Crippen LogP contribution in [-0.2, 0) is 6.42 Å². The second-order valence-electron chi connectivity index (χ2n) is 3.71. The highest BCUT2D eigenvalue weighted by Gasteiger charge is 1.97. The summed E-state index contributed by atoms with van der Waals surface area (Å²) in [4.78, 5) is 3.85. The van der Waals surface area contributed by atoms with Crippen molar-refractivity contribution >= 4 is 6.72 Å². The Morgan fingerprint density at radius 1 is 1.27 bits per heavy atom. The fraction of sp³-hybridized carbons (Fsp3) is 0.357. The molecule has 1 aromatic rings. The molecule has 0 aliphatic rings. The van der Waals surface area contributed by atoms with Gasteiger partial charge in [0.2, 0.25) is 0 Å². The van der Waals surface area contributed by atoms with Crippen molar-refractivity contribution in [1.82, 2.24) is 0 Å². The molecule has 0 spiro atoms. The molecule has 0 heterocycles. The molecule has 0 radical (unpaired) electrons. The summed E-state index contributed by atoms with van der Waals surface area (Å²) in [6.45, 7) is 5.71. The second-order valence-corrected chi connectivity index (χ2v) is 3.71. The van der Waals surface area contributed by atoms with E-state index in [1.807, 2.05) is 6.20 Å². The van der Waals surface area contributed by atoms with Crippen LogP contribution >= 0.6 is 0 Å². The van der Waals surface area contributed by atoms with E-state index >= 15 is 0 Å². The van der Waals surface area contributed by atoms with E-state index in [9.17, 15) is 0 Å².